The smallest absolute Gasteiger partial charge is 0.363 e. The largest absolute Gasteiger partial charge is 0.402 e. The Kier molecular flexibility index (Phi) is 3.66. The van der Waals surface area contributed by atoms with E-state index in [4.69, 9.17) is 4.74 Å². The van der Waals surface area contributed by atoms with Crippen molar-refractivity contribution in [1.29, 1.82) is 0 Å². The van der Waals surface area contributed by atoms with Crippen LogP contribution in [0.1, 0.15) is 11.1 Å². The first-order chi connectivity index (χ1) is 10.1. The van der Waals surface area contributed by atoms with E-state index in [1.807, 2.05) is 24.3 Å². The zero-order valence-corrected chi connectivity index (χ0v) is 12.3. The van der Waals surface area contributed by atoms with Crippen LogP contribution in [0.2, 0.25) is 0 Å². The van der Waals surface area contributed by atoms with Gasteiger partial charge in [0.05, 0.1) is 0 Å². The average Bonchev–Trinajstić information content (AvgIpc) is 2.83. The average molecular weight is 346 g/mol. The van der Waals surface area contributed by atoms with E-state index in [2.05, 4.69) is 20.9 Å². The lowest BCUT2D eigenvalue weighted by molar-refractivity contribution is -0.129. The summed E-state index contributed by atoms with van der Waals surface area (Å²) in [6.07, 6.45) is 1.62. The van der Waals surface area contributed by atoms with Crippen LogP contribution < -0.4 is 0 Å². The highest BCUT2D eigenvalue weighted by atomic mass is 79.9. The number of carbonyl (C=O) groups excluding carboxylic acids is 1. The first kappa shape index (κ1) is 13.7. The van der Waals surface area contributed by atoms with E-state index >= 15 is 0 Å². The summed E-state index contributed by atoms with van der Waals surface area (Å²) in [6, 6.07) is 13.2. The van der Waals surface area contributed by atoms with Crippen molar-refractivity contribution in [2.24, 2.45) is 4.99 Å². The number of carbonyl (C=O) groups is 1. The first-order valence-corrected chi connectivity index (χ1v) is 6.96. The van der Waals surface area contributed by atoms with Gasteiger partial charge in [-0.05, 0) is 35.9 Å². The van der Waals surface area contributed by atoms with Crippen LogP contribution in [0.5, 0.6) is 0 Å². The van der Waals surface area contributed by atoms with Crippen molar-refractivity contribution in [1.82, 2.24) is 0 Å². The monoisotopic (exact) mass is 345 g/mol. The summed E-state index contributed by atoms with van der Waals surface area (Å²) >= 11 is 3.40. The minimum absolute atomic E-state index is 0.109. The highest BCUT2D eigenvalue weighted by Crippen LogP contribution is 2.23. The number of esters is 1. The third-order valence-corrected chi connectivity index (χ3v) is 3.61. The van der Waals surface area contributed by atoms with Gasteiger partial charge in [0.15, 0.2) is 5.70 Å². The summed E-state index contributed by atoms with van der Waals surface area (Å²) in [5.41, 5.74) is 1.42. The second kappa shape index (κ2) is 5.61. The van der Waals surface area contributed by atoms with Gasteiger partial charge in [0, 0.05) is 10.0 Å². The Bertz CT molecular complexity index is 783. The molecule has 0 atom stereocenters. The number of benzene rings is 2. The number of nitrogens with zero attached hydrogens (tertiary/aromatic N) is 1. The van der Waals surface area contributed by atoms with Crippen LogP contribution >= 0.6 is 15.9 Å². The lowest BCUT2D eigenvalue weighted by atomic mass is 10.2. The molecule has 0 fully saturated rings. The Hall–Kier alpha value is -2.27. The molecule has 1 aliphatic rings. The summed E-state index contributed by atoms with van der Waals surface area (Å²) in [4.78, 5) is 16.0. The first-order valence-electron chi connectivity index (χ1n) is 6.16. The molecular weight excluding hydrogens is 337 g/mol. The highest BCUT2D eigenvalue weighted by molar-refractivity contribution is 9.10. The molecule has 0 unspecified atom stereocenters. The number of hydrogen-bond acceptors (Lipinski definition) is 3. The molecular formula is C16H9BrFNO2. The molecule has 2 aromatic carbocycles. The van der Waals surface area contributed by atoms with Gasteiger partial charge in [0.1, 0.15) is 5.82 Å². The number of rotatable bonds is 2. The molecule has 0 aliphatic carbocycles. The highest BCUT2D eigenvalue weighted by Gasteiger charge is 2.24. The van der Waals surface area contributed by atoms with Gasteiger partial charge >= 0.3 is 5.97 Å². The van der Waals surface area contributed by atoms with Crippen molar-refractivity contribution < 1.29 is 13.9 Å². The maximum Gasteiger partial charge on any atom is 0.363 e. The van der Waals surface area contributed by atoms with E-state index in [1.54, 1.807) is 12.1 Å². The number of hydrogen-bond donors (Lipinski definition) is 0. The topological polar surface area (TPSA) is 38.7 Å². The molecule has 3 nitrogen and oxygen atoms in total. The van der Waals surface area contributed by atoms with Crippen molar-refractivity contribution in [3.63, 3.8) is 0 Å². The van der Waals surface area contributed by atoms with Crippen molar-refractivity contribution in [3.05, 3.63) is 75.6 Å². The molecule has 21 heavy (non-hydrogen) atoms. The molecule has 104 valence electrons. The second-order valence-corrected chi connectivity index (χ2v) is 5.22. The van der Waals surface area contributed by atoms with Gasteiger partial charge in [0.2, 0.25) is 5.90 Å². The van der Waals surface area contributed by atoms with Gasteiger partial charge in [-0.25, -0.2) is 14.2 Å². The molecule has 0 saturated heterocycles. The molecule has 0 radical (unpaired) electrons. The lowest BCUT2D eigenvalue weighted by Crippen LogP contribution is -2.05. The Morgan fingerprint density at radius 1 is 1.14 bits per heavy atom. The maximum atomic E-state index is 13.2. The fourth-order valence-corrected chi connectivity index (χ4v) is 2.29. The van der Waals surface area contributed by atoms with Crippen LogP contribution in [-0.4, -0.2) is 11.9 Å². The van der Waals surface area contributed by atoms with Gasteiger partial charge < -0.3 is 4.74 Å². The SMILES string of the molecule is O=C1OC(c2cccc(F)c2)=N/C1=C\c1ccccc1Br. The summed E-state index contributed by atoms with van der Waals surface area (Å²) in [6.45, 7) is 0. The molecule has 0 aromatic heterocycles. The third-order valence-electron chi connectivity index (χ3n) is 2.89. The molecule has 2 aromatic rings. The van der Waals surface area contributed by atoms with E-state index < -0.39 is 11.8 Å². The molecule has 1 heterocycles. The molecule has 5 heteroatoms. The van der Waals surface area contributed by atoms with Crippen LogP contribution in [0.3, 0.4) is 0 Å². The Balaban J connectivity index is 1.98. The molecule has 0 spiro atoms. The van der Waals surface area contributed by atoms with Crippen LogP contribution in [0.25, 0.3) is 6.08 Å². The van der Waals surface area contributed by atoms with Gasteiger partial charge in [0.25, 0.3) is 0 Å². The fraction of sp³-hybridized carbons (Fsp3) is 0. The number of halogens is 2. The van der Waals surface area contributed by atoms with Crippen molar-refractivity contribution in [2.75, 3.05) is 0 Å². The van der Waals surface area contributed by atoms with Crippen LogP contribution in [0.15, 0.2) is 63.7 Å². The molecule has 3 rings (SSSR count). The van der Waals surface area contributed by atoms with E-state index in [-0.39, 0.29) is 11.6 Å². The number of ether oxygens (including phenoxy) is 1. The molecule has 1 aliphatic heterocycles. The Morgan fingerprint density at radius 2 is 1.95 bits per heavy atom. The van der Waals surface area contributed by atoms with Crippen molar-refractivity contribution in [2.45, 2.75) is 0 Å². The van der Waals surface area contributed by atoms with Gasteiger partial charge in [-0.1, -0.05) is 40.2 Å². The van der Waals surface area contributed by atoms with E-state index in [1.165, 1.54) is 18.2 Å². The van der Waals surface area contributed by atoms with Crippen LogP contribution in [0, 0.1) is 5.82 Å². The zero-order valence-electron chi connectivity index (χ0n) is 10.7. The number of cyclic esters (lactones) is 1. The predicted molar refractivity (Wildman–Crippen MR) is 81.1 cm³/mol. The fourth-order valence-electron chi connectivity index (χ4n) is 1.89. The quantitative estimate of drug-likeness (QED) is 0.610. The Labute approximate surface area is 128 Å². The van der Waals surface area contributed by atoms with E-state index in [0.29, 0.717) is 5.56 Å². The molecule has 0 bridgehead atoms. The number of aliphatic imine (C=N–C) groups is 1. The summed E-state index contributed by atoms with van der Waals surface area (Å²) < 4.78 is 19.1. The minimum Gasteiger partial charge on any atom is -0.402 e. The van der Waals surface area contributed by atoms with Gasteiger partial charge in [-0.3, -0.25) is 0 Å². The molecule has 0 saturated carbocycles. The zero-order chi connectivity index (χ0) is 14.8. The summed E-state index contributed by atoms with van der Waals surface area (Å²) in [5.74, 6) is -0.850. The Morgan fingerprint density at radius 3 is 2.71 bits per heavy atom. The third kappa shape index (κ3) is 2.92. The standard InChI is InChI=1S/C16H9BrFNO2/c17-13-7-2-1-4-10(13)9-14-16(20)21-15(19-14)11-5-3-6-12(18)8-11/h1-9H/b14-9-. The van der Waals surface area contributed by atoms with Gasteiger partial charge in [-0.2, -0.15) is 0 Å². The molecule has 0 amide bonds. The van der Waals surface area contributed by atoms with Crippen molar-refractivity contribution in [3.8, 4) is 0 Å². The lowest BCUT2D eigenvalue weighted by Gasteiger charge is -1.98. The minimum atomic E-state index is -0.551. The van der Waals surface area contributed by atoms with Crippen molar-refractivity contribution >= 4 is 33.9 Å². The second-order valence-electron chi connectivity index (χ2n) is 4.37. The van der Waals surface area contributed by atoms with Crippen LogP contribution in [-0.2, 0) is 9.53 Å². The summed E-state index contributed by atoms with van der Waals surface area (Å²) in [5, 5.41) is 0. The predicted octanol–water partition coefficient (Wildman–Crippen LogP) is 3.93. The van der Waals surface area contributed by atoms with E-state index in [0.717, 1.165) is 10.0 Å². The summed E-state index contributed by atoms with van der Waals surface area (Å²) in [7, 11) is 0. The van der Waals surface area contributed by atoms with E-state index in [9.17, 15) is 9.18 Å². The van der Waals surface area contributed by atoms with Crippen LogP contribution in [0.4, 0.5) is 4.39 Å². The molecule has 0 N–H and O–H groups in total. The maximum absolute atomic E-state index is 13.2. The normalized spacial score (nSPS) is 16.0. The van der Waals surface area contributed by atoms with Gasteiger partial charge in [-0.15, -0.1) is 0 Å².